The smallest absolute Gasteiger partial charge is 0.275 e. The second-order valence-corrected chi connectivity index (χ2v) is 7.48. The van der Waals surface area contributed by atoms with Crippen LogP contribution < -0.4 is 15.1 Å². The molecule has 1 fully saturated rings. The largest absolute Gasteiger partial charge is 0.360 e. The molecule has 2 N–H and O–H groups in total. The monoisotopic (exact) mass is 344 g/mol. The normalized spacial score (nSPS) is 16.8. The van der Waals surface area contributed by atoms with E-state index in [4.69, 9.17) is 0 Å². The van der Waals surface area contributed by atoms with E-state index >= 15 is 0 Å². The Morgan fingerprint density at radius 1 is 1.25 bits per heavy atom. The van der Waals surface area contributed by atoms with Gasteiger partial charge in [0, 0.05) is 10.6 Å². The van der Waals surface area contributed by atoms with E-state index in [2.05, 4.69) is 54.4 Å². The first-order valence-corrected chi connectivity index (χ1v) is 9.48. The summed E-state index contributed by atoms with van der Waals surface area (Å²) in [5.41, 5.74) is 2.65. The van der Waals surface area contributed by atoms with Crippen LogP contribution in [0.4, 0.5) is 5.69 Å². The number of benzene rings is 1. The van der Waals surface area contributed by atoms with Crippen LogP contribution in [0, 0.1) is 6.92 Å². The van der Waals surface area contributed by atoms with Crippen LogP contribution in [0.15, 0.2) is 41.8 Å². The van der Waals surface area contributed by atoms with Gasteiger partial charge in [0.2, 0.25) is 0 Å². The number of hydrogen-bond donors (Lipinski definition) is 2. The van der Waals surface area contributed by atoms with Crippen LogP contribution in [0.1, 0.15) is 23.4 Å². The summed E-state index contributed by atoms with van der Waals surface area (Å²) in [6, 6.07) is 12.7. The lowest BCUT2D eigenvalue weighted by Crippen LogP contribution is -3.16. The highest BCUT2D eigenvalue weighted by molar-refractivity contribution is 7.10. The molecule has 5 heteroatoms. The second kappa shape index (κ2) is 7.81. The van der Waals surface area contributed by atoms with Crippen molar-refractivity contribution in [1.29, 1.82) is 0 Å². The van der Waals surface area contributed by atoms with Crippen LogP contribution in [0.5, 0.6) is 0 Å². The summed E-state index contributed by atoms with van der Waals surface area (Å²) in [6.45, 7) is 8.81. The first kappa shape index (κ1) is 17.0. The molecular weight excluding hydrogens is 318 g/mol. The number of nitrogens with zero attached hydrogens (tertiary/aromatic N) is 1. The number of rotatable bonds is 5. The number of thiophene rings is 1. The Bertz CT molecular complexity index is 663. The summed E-state index contributed by atoms with van der Waals surface area (Å²) in [7, 11) is 0. The van der Waals surface area contributed by atoms with Gasteiger partial charge in [-0.2, -0.15) is 0 Å². The lowest BCUT2D eigenvalue weighted by atomic mass is 10.1. The summed E-state index contributed by atoms with van der Waals surface area (Å²) in [5.74, 6) is 0.148. The topological polar surface area (TPSA) is 36.8 Å². The lowest BCUT2D eigenvalue weighted by Gasteiger charge is -2.34. The predicted octanol–water partition coefficient (Wildman–Crippen LogP) is 1.64. The molecule has 1 saturated heterocycles. The average Bonchev–Trinajstić information content (AvgIpc) is 3.11. The van der Waals surface area contributed by atoms with Crippen LogP contribution in [-0.2, 0) is 4.79 Å². The van der Waals surface area contributed by atoms with Crippen molar-refractivity contribution in [3.63, 3.8) is 0 Å². The molecule has 1 aromatic carbocycles. The molecule has 0 radical (unpaired) electrons. The molecule has 0 spiro atoms. The van der Waals surface area contributed by atoms with Gasteiger partial charge in [0.1, 0.15) is 0 Å². The summed E-state index contributed by atoms with van der Waals surface area (Å²) >= 11 is 1.69. The van der Waals surface area contributed by atoms with E-state index in [1.165, 1.54) is 21.0 Å². The number of anilines is 1. The van der Waals surface area contributed by atoms with Crippen LogP contribution in [0.3, 0.4) is 0 Å². The molecule has 0 bridgehead atoms. The number of carbonyl (C=O) groups excluding carboxylic acids is 1. The van der Waals surface area contributed by atoms with Gasteiger partial charge in [-0.25, -0.2) is 0 Å². The van der Waals surface area contributed by atoms with Gasteiger partial charge in [-0.15, -0.1) is 11.3 Å². The second-order valence-electron chi connectivity index (χ2n) is 6.50. The molecule has 4 nitrogen and oxygen atoms in total. The van der Waals surface area contributed by atoms with E-state index in [0.717, 1.165) is 26.2 Å². The Morgan fingerprint density at radius 3 is 2.67 bits per heavy atom. The van der Waals surface area contributed by atoms with Crippen LogP contribution >= 0.6 is 11.3 Å². The third-order valence-corrected chi connectivity index (χ3v) is 5.74. The zero-order chi connectivity index (χ0) is 16.9. The minimum absolute atomic E-state index is 0.102. The van der Waals surface area contributed by atoms with Crippen molar-refractivity contribution in [3.05, 3.63) is 52.2 Å². The standard InChI is InChI=1S/C19H25N3OS/c1-15-6-3-4-7-17(15)22-11-9-21(10-12-22)14-19(23)20-16(2)18-8-5-13-24-18/h3-8,13,16H,9-12,14H2,1-2H3,(H,20,23)/p+1/t16-/m1/s1. The van der Waals surface area contributed by atoms with Crippen molar-refractivity contribution in [1.82, 2.24) is 5.32 Å². The summed E-state index contributed by atoms with van der Waals surface area (Å²) in [6.07, 6.45) is 0. The molecule has 0 saturated carbocycles. The fourth-order valence-electron chi connectivity index (χ4n) is 3.29. The van der Waals surface area contributed by atoms with Gasteiger partial charge in [0.25, 0.3) is 5.91 Å². The molecule has 128 valence electrons. The highest BCUT2D eigenvalue weighted by Gasteiger charge is 2.23. The van der Waals surface area contributed by atoms with E-state index in [1.54, 1.807) is 11.3 Å². The fourth-order valence-corrected chi connectivity index (χ4v) is 4.02. The Kier molecular flexibility index (Phi) is 5.53. The van der Waals surface area contributed by atoms with Gasteiger partial charge in [0.15, 0.2) is 6.54 Å². The minimum atomic E-state index is 0.102. The zero-order valence-electron chi connectivity index (χ0n) is 14.4. The van der Waals surface area contributed by atoms with Crippen LogP contribution in [0.25, 0.3) is 0 Å². The summed E-state index contributed by atoms with van der Waals surface area (Å²) in [4.78, 5) is 17.3. The quantitative estimate of drug-likeness (QED) is 0.865. The maximum absolute atomic E-state index is 12.3. The zero-order valence-corrected chi connectivity index (χ0v) is 15.2. The van der Waals surface area contributed by atoms with Crippen molar-refractivity contribution in [3.8, 4) is 0 Å². The molecule has 1 atom stereocenters. The van der Waals surface area contributed by atoms with Crippen molar-refractivity contribution < 1.29 is 9.69 Å². The minimum Gasteiger partial charge on any atom is -0.360 e. The highest BCUT2D eigenvalue weighted by atomic mass is 32.1. The Morgan fingerprint density at radius 2 is 2.00 bits per heavy atom. The molecule has 2 aromatic rings. The van der Waals surface area contributed by atoms with Gasteiger partial charge >= 0.3 is 0 Å². The Labute approximate surface area is 148 Å². The van der Waals surface area contributed by atoms with Crippen molar-refractivity contribution in [2.45, 2.75) is 19.9 Å². The number of quaternary nitrogens is 1. The number of piperazine rings is 1. The van der Waals surface area contributed by atoms with Crippen LogP contribution in [0.2, 0.25) is 0 Å². The van der Waals surface area contributed by atoms with Crippen molar-refractivity contribution in [2.24, 2.45) is 0 Å². The molecule has 2 heterocycles. The van der Waals surface area contributed by atoms with Gasteiger partial charge in [-0.1, -0.05) is 24.3 Å². The SMILES string of the molecule is Cc1ccccc1N1CC[NH+](CC(=O)N[C@H](C)c2cccs2)CC1. The number of para-hydroxylation sites is 1. The number of carbonyl (C=O) groups is 1. The molecule has 1 amide bonds. The van der Waals surface area contributed by atoms with E-state index in [0.29, 0.717) is 6.54 Å². The Hall–Kier alpha value is -1.85. The summed E-state index contributed by atoms with van der Waals surface area (Å²) in [5, 5.41) is 5.17. The average molecular weight is 345 g/mol. The maximum Gasteiger partial charge on any atom is 0.275 e. The van der Waals surface area contributed by atoms with Gasteiger partial charge in [-0.05, 0) is 36.9 Å². The lowest BCUT2D eigenvalue weighted by molar-refractivity contribution is -0.892. The van der Waals surface area contributed by atoms with Crippen molar-refractivity contribution in [2.75, 3.05) is 37.6 Å². The number of hydrogen-bond acceptors (Lipinski definition) is 3. The maximum atomic E-state index is 12.3. The van der Waals surface area contributed by atoms with E-state index in [9.17, 15) is 4.79 Å². The molecule has 1 aliphatic rings. The summed E-state index contributed by atoms with van der Waals surface area (Å²) < 4.78 is 0. The highest BCUT2D eigenvalue weighted by Crippen LogP contribution is 2.19. The fraction of sp³-hybridized carbons (Fsp3) is 0.421. The molecular formula is C19H26N3OS+. The number of nitrogens with one attached hydrogen (secondary N) is 2. The molecule has 24 heavy (non-hydrogen) atoms. The number of aryl methyl sites for hydroxylation is 1. The van der Waals surface area contributed by atoms with Gasteiger partial charge in [0.05, 0.1) is 32.2 Å². The Balaban J connectivity index is 1.47. The molecule has 0 aliphatic carbocycles. The molecule has 3 rings (SSSR count). The molecule has 1 aromatic heterocycles. The first-order chi connectivity index (χ1) is 11.6. The third-order valence-electron chi connectivity index (χ3n) is 4.68. The van der Waals surface area contributed by atoms with Crippen molar-refractivity contribution >= 4 is 22.9 Å². The van der Waals surface area contributed by atoms with E-state index in [-0.39, 0.29) is 11.9 Å². The number of amides is 1. The molecule has 0 unspecified atom stereocenters. The third kappa shape index (κ3) is 4.16. The van der Waals surface area contributed by atoms with E-state index in [1.807, 2.05) is 11.4 Å². The van der Waals surface area contributed by atoms with E-state index < -0.39 is 0 Å². The van der Waals surface area contributed by atoms with Gasteiger partial charge < -0.3 is 15.1 Å². The van der Waals surface area contributed by atoms with Gasteiger partial charge in [-0.3, -0.25) is 4.79 Å². The first-order valence-electron chi connectivity index (χ1n) is 8.60. The predicted molar refractivity (Wildman–Crippen MR) is 99.8 cm³/mol. The van der Waals surface area contributed by atoms with Crippen LogP contribution in [-0.4, -0.2) is 38.6 Å². The molecule has 1 aliphatic heterocycles.